The second kappa shape index (κ2) is 7.64. The van der Waals surface area contributed by atoms with Crippen molar-refractivity contribution < 1.29 is 9.59 Å². The third-order valence-corrected chi connectivity index (χ3v) is 5.51. The molecule has 2 heterocycles. The number of benzene rings is 1. The number of carbonyl (C=O) groups is 2. The molecule has 6 heteroatoms. The van der Waals surface area contributed by atoms with Crippen molar-refractivity contribution in [2.24, 2.45) is 0 Å². The van der Waals surface area contributed by atoms with Crippen molar-refractivity contribution in [1.82, 2.24) is 20.0 Å². The Balaban J connectivity index is 1.40. The maximum absolute atomic E-state index is 12.6. The molecule has 0 spiro atoms. The number of unbranched alkanes of at least 4 members (excludes halogenated alkanes) is 1. The van der Waals surface area contributed by atoms with Crippen molar-refractivity contribution in [3.05, 3.63) is 52.3 Å². The van der Waals surface area contributed by atoms with Gasteiger partial charge in [-0.2, -0.15) is 5.10 Å². The quantitative estimate of drug-likeness (QED) is 0.853. The number of aromatic nitrogens is 2. The number of carbonyl (C=O) groups excluding carboxylic acids is 2. The highest BCUT2D eigenvalue weighted by Gasteiger charge is 2.24. The van der Waals surface area contributed by atoms with E-state index in [4.69, 9.17) is 0 Å². The molecular weight excluding hydrogens is 340 g/mol. The van der Waals surface area contributed by atoms with E-state index in [1.165, 1.54) is 18.5 Å². The zero-order valence-corrected chi connectivity index (χ0v) is 15.8. The van der Waals surface area contributed by atoms with Crippen molar-refractivity contribution in [3.8, 4) is 0 Å². The second-order valence-corrected chi connectivity index (χ2v) is 7.42. The molecule has 2 aromatic rings. The van der Waals surface area contributed by atoms with E-state index in [9.17, 15) is 9.59 Å². The number of amides is 1. The zero-order chi connectivity index (χ0) is 18.8. The lowest BCUT2D eigenvalue weighted by molar-refractivity contribution is 0.0948. The monoisotopic (exact) mass is 366 g/mol. The van der Waals surface area contributed by atoms with Gasteiger partial charge < -0.3 is 5.32 Å². The zero-order valence-electron chi connectivity index (χ0n) is 15.8. The number of hydrogen-bond donors (Lipinski definition) is 1. The van der Waals surface area contributed by atoms with Crippen LogP contribution in [0.25, 0.3) is 0 Å². The Morgan fingerprint density at radius 2 is 2.15 bits per heavy atom. The maximum Gasteiger partial charge on any atom is 0.251 e. The summed E-state index contributed by atoms with van der Waals surface area (Å²) in [7, 11) is 0. The van der Waals surface area contributed by atoms with E-state index in [0.29, 0.717) is 30.5 Å². The smallest absolute Gasteiger partial charge is 0.251 e. The van der Waals surface area contributed by atoms with Gasteiger partial charge in [-0.25, -0.2) is 0 Å². The Hall–Kier alpha value is -2.47. The first-order chi connectivity index (χ1) is 13.2. The van der Waals surface area contributed by atoms with Crippen LogP contribution < -0.4 is 5.32 Å². The Labute approximate surface area is 159 Å². The summed E-state index contributed by atoms with van der Waals surface area (Å²) in [6.07, 6.45) is 3.59. The molecule has 1 aliphatic heterocycles. The fourth-order valence-corrected chi connectivity index (χ4v) is 4.01. The van der Waals surface area contributed by atoms with Crippen LogP contribution in [0.1, 0.15) is 63.9 Å². The average Bonchev–Trinajstić information content (AvgIpc) is 3.27. The van der Waals surface area contributed by atoms with Gasteiger partial charge in [0.15, 0.2) is 5.78 Å². The van der Waals surface area contributed by atoms with E-state index in [1.807, 2.05) is 6.07 Å². The molecule has 0 radical (unpaired) electrons. The molecule has 142 valence electrons. The molecule has 0 atom stereocenters. The Morgan fingerprint density at radius 3 is 3.00 bits per heavy atom. The molecule has 4 rings (SSSR count). The normalized spacial score (nSPS) is 16.3. The molecule has 2 aliphatic rings. The van der Waals surface area contributed by atoms with Crippen LogP contribution in [-0.4, -0.2) is 39.5 Å². The molecule has 27 heavy (non-hydrogen) atoms. The molecule has 0 bridgehead atoms. The molecule has 1 aliphatic carbocycles. The van der Waals surface area contributed by atoms with Crippen molar-refractivity contribution in [3.63, 3.8) is 0 Å². The summed E-state index contributed by atoms with van der Waals surface area (Å²) in [5.74, 6) is 0.00569. The van der Waals surface area contributed by atoms with Gasteiger partial charge in [0.1, 0.15) is 0 Å². The predicted molar refractivity (Wildman–Crippen MR) is 103 cm³/mol. The summed E-state index contributed by atoms with van der Waals surface area (Å²) < 4.78 is 2.06. The molecule has 1 N–H and O–H groups in total. The maximum atomic E-state index is 12.6. The van der Waals surface area contributed by atoms with Crippen molar-refractivity contribution in [2.75, 3.05) is 13.1 Å². The largest absolute Gasteiger partial charge is 0.346 e. The van der Waals surface area contributed by atoms with Crippen LogP contribution >= 0.6 is 0 Å². The summed E-state index contributed by atoms with van der Waals surface area (Å²) in [5.41, 5.74) is 4.31. The Kier molecular flexibility index (Phi) is 5.07. The number of hydrogen-bond acceptors (Lipinski definition) is 4. The number of ketones is 1. The molecule has 1 amide bonds. The van der Waals surface area contributed by atoms with Crippen molar-refractivity contribution in [2.45, 2.75) is 52.2 Å². The van der Waals surface area contributed by atoms with Crippen LogP contribution in [0.5, 0.6) is 0 Å². The van der Waals surface area contributed by atoms with Crippen molar-refractivity contribution >= 4 is 11.7 Å². The standard InChI is InChI=1S/C21H26N4O2/c1-2-3-9-24-10-11-25-16(14-24)12-15(23-25)13-22-21(27)19-6-4-5-18-17(19)7-8-20(18)26/h4-6,12H,2-3,7-11,13-14H2,1H3,(H,22,27). The van der Waals surface area contributed by atoms with Crippen LogP contribution in [0.2, 0.25) is 0 Å². The van der Waals surface area contributed by atoms with E-state index in [2.05, 4.69) is 33.0 Å². The molecule has 6 nitrogen and oxygen atoms in total. The SMILES string of the molecule is CCCCN1CCn2nc(CNC(=O)c3cccc4c3CCC4=O)cc2C1. The highest BCUT2D eigenvalue weighted by molar-refractivity contribution is 6.05. The number of Topliss-reactive ketones (excluding diaryl/α,β-unsaturated/α-hetero) is 1. The van der Waals surface area contributed by atoms with Crippen LogP contribution in [0.3, 0.4) is 0 Å². The highest BCUT2D eigenvalue weighted by Crippen LogP contribution is 2.25. The lowest BCUT2D eigenvalue weighted by Crippen LogP contribution is -2.34. The van der Waals surface area contributed by atoms with Gasteiger partial charge in [-0.05, 0) is 37.1 Å². The number of nitrogens with one attached hydrogen (secondary N) is 1. The van der Waals surface area contributed by atoms with Crippen LogP contribution in [-0.2, 0) is 26.1 Å². The van der Waals surface area contributed by atoms with Gasteiger partial charge in [0, 0.05) is 30.6 Å². The van der Waals surface area contributed by atoms with Gasteiger partial charge in [0.05, 0.1) is 24.5 Å². The summed E-state index contributed by atoms with van der Waals surface area (Å²) in [6, 6.07) is 7.50. The van der Waals surface area contributed by atoms with E-state index in [1.54, 1.807) is 12.1 Å². The third kappa shape index (κ3) is 3.67. The Morgan fingerprint density at radius 1 is 1.26 bits per heavy atom. The summed E-state index contributed by atoms with van der Waals surface area (Å²) >= 11 is 0. The first-order valence-corrected chi connectivity index (χ1v) is 9.87. The van der Waals surface area contributed by atoms with E-state index in [-0.39, 0.29) is 11.7 Å². The minimum Gasteiger partial charge on any atom is -0.346 e. The van der Waals surface area contributed by atoms with E-state index in [0.717, 1.165) is 37.4 Å². The minimum atomic E-state index is -0.128. The molecular formula is C21H26N4O2. The summed E-state index contributed by atoms with van der Waals surface area (Å²) in [4.78, 5) is 27.0. The van der Waals surface area contributed by atoms with Crippen LogP contribution in [0.4, 0.5) is 0 Å². The first-order valence-electron chi connectivity index (χ1n) is 9.87. The lowest BCUT2D eigenvalue weighted by atomic mass is 10.0. The lowest BCUT2D eigenvalue weighted by Gasteiger charge is -2.27. The molecule has 0 fully saturated rings. The summed E-state index contributed by atoms with van der Waals surface area (Å²) in [5, 5.41) is 7.61. The number of nitrogens with zero attached hydrogens (tertiary/aromatic N) is 3. The van der Waals surface area contributed by atoms with Gasteiger partial charge in [-0.3, -0.25) is 19.2 Å². The van der Waals surface area contributed by atoms with E-state index >= 15 is 0 Å². The fourth-order valence-electron chi connectivity index (χ4n) is 4.01. The molecule has 1 aromatic heterocycles. The fraction of sp³-hybridized carbons (Fsp3) is 0.476. The predicted octanol–water partition coefficient (Wildman–Crippen LogP) is 2.56. The van der Waals surface area contributed by atoms with Gasteiger partial charge in [0.25, 0.3) is 5.91 Å². The number of fused-ring (bicyclic) bond motifs is 2. The first kappa shape index (κ1) is 17.9. The molecule has 0 saturated heterocycles. The van der Waals surface area contributed by atoms with Gasteiger partial charge in [-0.15, -0.1) is 0 Å². The molecule has 0 unspecified atom stereocenters. The second-order valence-electron chi connectivity index (χ2n) is 7.42. The summed E-state index contributed by atoms with van der Waals surface area (Å²) in [6.45, 7) is 6.62. The third-order valence-electron chi connectivity index (χ3n) is 5.51. The van der Waals surface area contributed by atoms with Crippen LogP contribution in [0, 0.1) is 0 Å². The Bertz CT molecular complexity index is 871. The van der Waals surface area contributed by atoms with Crippen LogP contribution in [0.15, 0.2) is 24.3 Å². The van der Waals surface area contributed by atoms with Gasteiger partial charge in [0.2, 0.25) is 0 Å². The molecule has 0 saturated carbocycles. The van der Waals surface area contributed by atoms with Gasteiger partial charge >= 0.3 is 0 Å². The minimum absolute atomic E-state index is 0.128. The van der Waals surface area contributed by atoms with Gasteiger partial charge in [-0.1, -0.05) is 25.5 Å². The highest BCUT2D eigenvalue weighted by atomic mass is 16.1. The molecule has 1 aromatic carbocycles. The van der Waals surface area contributed by atoms with Crippen molar-refractivity contribution in [1.29, 1.82) is 0 Å². The number of rotatable bonds is 6. The average molecular weight is 366 g/mol. The topological polar surface area (TPSA) is 67.2 Å². The van der Waals surface area contributed by atoms with E-state index < -0.39 is 0 Å².